The molecule has 1 amide bonds. The van der Waals surface area contributed by atoms with Crippen molar-refractivity contribution in [3.63, 3.8) is 0 Å². The van der Waals surface area contributed by atoms with E-state index >= 15 is 0 Å². The molecule has 0 bridgehead atoms. The van der Waals surface area contributed by atoms with Crippen molar-refractivity contribution in [1.29, 1.82) is 0 Å². The smallest absolute Gasteiger partial charge is 0.283 e. The van der Waals surface area contributed by atoms with Crippen LogP contribution >= 0.6 is 11.8 Å². The molecule has 1 saturated heterocycles. The number of carbonyl (C=O) groups excluding carboxylic acids is 1. The zero-order chi connectivity index (χ0) is 20.1. The maximum Gasteiger partial charge on any atom is 0.283 e. The molecule has 1 aliphatic heterocycles. The van der Waals surface area contributed by atoms with Crippen molar-refractivity contribution in [3.05, 3.63) is 59.7 Å². The molecule has 0 aliphatic carbocycles. The first-order valence-electron chi connectivity index (χ1n) is 8.93. The monoisotopic (exact) mass is 417 g/mol. The van der Waals surface area contributed by atoms with E-state index in [9.17, 15) is 13.2 Å². The zero-order valence-corrected chi connectivity index (χ0v) is 17.5. The van der Waals surface area contributed by atoms with Crippen LogP contribution in [0, 0.1) is 0 Å². The van der Waals surface area contributed by atoms with E-state index in [0.29, 0.717) is 23.5 Å². The molecule has 0 atom stereocenters. The van der Waals surface area contributed by atoms with E-state index < -0.39 is 10.0 Å². The van der Waals surface area contributed by atoms with E-state index in [4.69, 9.17) is 0 Å². The third-order valence-corrected chi connectivity index (χ3v) is 6.44. The van der Waals surface area contributed by atoms with Gasteiger partial charge in [-0.15, -0.1) is 4.40 Å². The lowest BCUT2D eigenvalue weighted by Gasteiger charge is -2.11. The van der Waals surface area contributed by atoms with Crippen LogP contribution in [0.3, 0.4) is 0 Å². The Labute approximate surface area is 170 Å². The van der Waals surface area contributed by atoms with Crippen molar-refractivity contribution in [2.45, 2.75) is 23.5 Å². The van der Waals surface area contributed by atoms with Gasteiger partial charge in [0.05, 0.1) is 4.90 Å². The Balaban J connectivity index is 1.69. The van der Waals surface area contributed by atoms with E-state index in [-0.39, 0.29) is 10.8 Å². The average Bonchev–Trinajstić information content (AvgIpc) is 3.07. The molecule has 3 rings (SSSR count). The second-order valence-electron chi connectivity index (χ2n) is 6.62. The van der Waals surface area contributed by atoms with Gasteiger partial charge in [-0.1, -0.05) is 12.1 Å². The maximum atomic E-state index is 12.5. The average molecular weight is 418 g/mol. The molecule has 1 aliphatic rings. The van der Waals surface area contributed by atoms with Gasteiger partial charge in [-0.3, -0.25) is 4.79 Å². The first-order chi connectivity index (χ1) is 13.4. The Hall–Kier alpha value is -2.32. The number of thioether (sulfide) groups is 1. The summed E-state index contributed by atoms with van der Waals surface area (Å²) in [5.74, 6) is 1.25. The van der Waals surface area contributed by atoms with Gasteiger partial charge in [0.25, 0.3) is 15.9 Å². The number of hydrogen-bond donors (Lipinski definition) is 1. The molecular formula is C20H23N3O3S2. The van der Waals surface area contributed by atoms with Crippen LogP contribution in [0.4, 0.5) is 5.69 Å². The minimum absolute atomic E-state index is 0.111. The second kappa shape index (κ2) is 8.79. The van der Waals surface area contributed by atoms with Crippen molar-refractivity contribution < 1.29 is 13.2 Å². The number of benzene rings is 2. The van der Waals surface area contributed by atoms with Crippen LogP contribution in [0.5, 0.6) is 0 Å². The standard InChI is InChI=1S/C20H23N3O3S2/c1-23-13-3-4-19(23)22-28(25,26)18-11-9-17(10-12-18)21-20(24)16-7-5-15(6-8-16)14-27-2/h5-12H,3-4,13-14H2,1-2H3,(H,21,24)/b22-19-. The molecule has 8 heteroatoms. The molecule has 0 aromatic heterocycles. The van der Waals surface area contributed by atoms with E-state index in [1.165, 1.54) is 12.1 Å². The van der Waals surface area contributed by atoms with Crippen LogP contribution in [-0.4, -0.2) is 44.9 Å². The normalized spacial score (nSPS) is 15.8. The molecule has 1 N–H and O–H groups in total. The van der Waals surface area contributed by atoms with Crippen molar-refractivity contribution in [1.82, 2.24) is 4.90 Å². The Kier molecular flexibility index (Phi) is 6.41. The summed E-state index contributed by atoms with van der Waals surface area (Å²) < 4.78 is 28.9. The van der Waals surface area contributed by atoms with Crippen molar-refractivity contribution >= 4 is 39.2 Å². The van der Waals surface area contributed by atoms with Gasteiger partial charge in [0, 0.05) is 37.0 Å². The fourth-order valence-electron chi connectivity index (χ4n) is 2.93. The fraction of sp³-hybridized carbons (Fsp3) is 0.300. The molecule has 0 spiro atoms. The summed E-state index contributed by atoms with van der Waals surface area (Å²) in [7, 11) is -1.91. The van der Waals surface area contributed by atoms with Gasteiger partial charge in [0.1, 0.15) is 5.84 Å². The van der Waals surface area contributed by atoms with Crippen LogP contribution in [0.25, 0.3) is 0 Å². The third kappa shape index (κ3) is 4.94. The highest BCUT2D eigenvalue weighted by molar-refractivity contribution is 7.97. The summed E-state index contributed by atoms with van der Waals surface area (Å²) in [4.78, 5) is 14.3. The van der Waals surface area contributed by atoms with Gasteiger partial charge >= 0.3 is 0 Å². The number of carbonyl (C=O) groups is 1. The molecule has 6 nitrogen and oxygen atoms in total. The molecule has 148 valence electrons. The van der Waals surface area contributed by atoms with Gasteiger partial charge < -0.3 is 10.2 Å². The summed E-state index contributed by atoms with van der Waals surface area (Å²) in [6.07, 6.45) is 3.61. The van der Waals surface area contributed by atoms with E-state index in [1.54, 1.807) is 36.0 Å². The molecule has 0 unspecified atom stereocenters. The molecular weight excluding hydrogens is 394 g/mol. The van der Waals surface area contributed by atoms with Gasteiger partial charge in [0.15, 0.2) is 0 Å². The molecule has 2 aromatic carbocycles. The van der Waals surface area contributed by atoms with E-state index in [2.05, 4.69) is 9.71 Å². The van der Waals surface area contributed by atoms with Crippen LogP contribution in [0.1, 0.15) is 28.8 Å². The zero-order valence-electron chi connectivity index (χ0n) is 15.9. The maximum absolute atomic E-state index is 12.5. The summed E-state index contributed by atoms with van der Waals surface area (Å²) >= 11 is 1.72. The predicted molar refractivity (Wildman–Crippen MR) is 115 cm³/mol. The molecule has 28 heavy (non-hydrogen) atoms. The molecule has 2 aromatic rings. The minimum Gasteiger partial charge on any atom is -0.362 e. The first kappa shape index (κ1) is 20.4. The largest absolute Gasteiger partial charge is 0.362 e. The number of nitrogens with zero attached hydrogens (tertiary/aromatic N) is 2. The topological polar surface area (TPSA) is 78.8 Å². The Morgan fingerprint density at radius 2 is 1.82 bits per heavy atom. The quantitative estimate of drug-likeness (QED) is 0.777. The van der Waals surface area contributed by atoms with Crippen LogP contribution in [0.2, 0.25) is 0 Å². The van der Waals surface area contributed by atoms with Crippen molar-refractivity contribution in [2.75, 3.05) is 25.2 Å². The molecule has 1 fully saturated rings. The Morgan fingerprint density at radius 3 is 2.39 bits per heavy atom. The molecule has 1 heterocycles. The van der Waals surface area contributed by atoms with Crippen LogP contribution < -0.4 is 5.32 Å². The summed E-state index contributed by atoms with van der Waals surface area (Å²) in [5, 5.41) is 2.79. The van der Waals surface area contributed by atoms with Crippen molar-refractivity contribution in [2.24, 2.45) is 4.40 Å². The number of likely N-dealkylation sites (tertiary alicyclic amines) is 1. The number of nitrogens with one attached hydrogen (secondary N) is 1. The summed E-state index contributed by atoms with van der Waals surface area (Å²) in [6.45, 7) is 0.817. The molecule has 0 saturated carbocycles. The number of rotatable bonds is 6. The Bertz CT molecular complexity index is 969. The number of anilines is 1. The lowest BCUT2D eigenvalue weighted by Crippen LogP contribution is -2.20. The third-order valence-electron chi connectivity index (χ3n) is 4.50. The van der Waals surface area contributed by atoms with Gasteiger partial charge in [-0.25, -0.2) is 0 Å². The lowest BCUT2D eigenvalue weighted by molar-refractivity contribution is 0.102. The number of amides is 1. The van der Waals surface area contributed by atoms with Gasteiger partial charge in [0.2, 0.25) is 0 Å². The lowest BCUT2D eigenvalue weighted by atomic mass is 10.1. The SMILES string of the molecule is CSCc1ccc(C(=O)Nc2ccc(S(=O)(=O)/N=C3/CCCN3C)cc2)cc1. The van der Waals surface area contributed by atoms with Crippen LogP contribution in [-0.2, 0) is 15.8 Å². The Morgan fingerprint density at radius 1 is 1.14 bits per heavy atom. The van der Waals surface area contributed by atoms with Gasteiger partial charge in [-0.05, 0) is 54.6 Å². The van der Waals surface area contributed by atoms with E-state index in [1.807, 2.05) is 30.3 Å². The summed E-state index contributed by atoms with van der Waals surface area (Å²) in [5.41, 5.74) is 2.24. The first-order valence-corrected chi connectivity index (χ1v) is 11.8. The number of amidine groups is 1. The van der Waals surface area contributed by atoms with Crippen LogP contribution in [0.15, 0.2) is 57.8 Å². The highest BCUT2D eigenvalue weighted by Gasteiger charge is 2.20. The second-order valence-corrected chi connectivity index (χ2v) is 9.09. The fourth-order valence-corrected chi connectivity index (χ4v) is 4.55. The number of hydrogen-bond acceptors (Lipinski definition) is 4. The highest BCUT2D eigenvalue weighted by atomic mass is 32.2. The minimum atomic E-state index is -3.75. The number of sulfonamides is 1. The van der Waals surface area contributed by atoms with Gasteiger partial charge in [-0.2, -0.15) is 20.2 Å². The van der Waals surface area contributed by atoms with E-state index in [0.717, 1.165) is 24.3 Å². The summed E-state index contributed by atoms with van der Waals surface area (Å²) in [6, 6.07) is 13.5. The molecule has 0 radical (unpaired) electrons. The van der Waals surface area contributed by atoms with Crippen molar-refractivity contribution in [3.8, 4) is 0 Å². The predicted octanol–water partition coefficient (Wildman–Crippen LogP) is 3.61. The highest BCUT2D eigenvalue weighted by Crippen LogP contribution is 2.20.